The summed E-state index contributed by atoms with van der Waals surface area (Å²) in [5, 5.41) is 3.05. The van der Waals surface area contributed by atoms with Crippen molar-refractivity contribution in [3.63, 3.8) is 0 Å². The molecule has 0 spiro atoms. The standard InChI is InChI=1S/C21H25NO3/c1-14(2)22-20(23)19-13-21(19,15-7-5-9-17(11-15)24-3)16-8-6-10-18(12-16)25-4/h5-12,14,19H,13H2,1-4H3,(H,22,23)/t19-/m0/s1. The lowest BCUT2D eigenvalue weighted by Gasteiger charge is -2.21. The van der Waals surface area contributed by atoms with Gasteiger partial charge in [0.15, 0.2) is 0 Å². The van der Waals surface area contributed by atoms with Gasteiger partial charge in [-0.05, 0) is 55.7 Å². The first-order valence-corrected chi connectivity index (χ1v) is 8.60. The van der Waals surface area contributed by atoms with E-state index in [1.165, 1.54) is 0 Å². The molecule has 0 saturated heterocycles. The minimum absolute atomic E-state index is 0.0888. The molecule has 2 aromatic rings. The van der Waals surface area contributed by atoms with E-state index < -0.39 is 0 Å². The van der Waals surface area contributed by atoms with Crippen molar-refractivity contribution in [3.8, 4) is 11.5 Å². The summed E-state index contributed by atoms with van der Waals surface area (Å²) < 4.78 is 10.8. The van der Waals surface area contributed by atoms with Gasteiger partial charge in [0.05, 0.1) is 20.1 Å². The molecule has 0 bridgehead atoms. The average molecular weight is 339 g/mol. The average Bonchev–Trinajstić information content (AvgIpc) is 3.38. The third kappa shape index (κ3) is 3.21. The molecule has 0 aliphatic heterocycles. The van der Waals surface area contributed by atoms with Crippen LogP contribution in [0.2, 0.25) is 0 Å². The van der Waals surface area contributed by atoms with Crippen molar-refractivity contribution in [1.29, 1.82) is 0 Å². The molecule has 1 atom stereocenters. The maximum Gasteiger partial charge on any atom is 0.224 e. The molecule has 25 heavy (non-hydrogen) atoms. The van der Waals surface area contributed by atoms with Crippen LogP contribution in [0.3, 0.4) is 0 Å². The zero-order valence-electron chi connectivity index (χ0n) is 15.2. The quantitative estimate of drug-likeness (QED) is 0.876. The van der Waals surface area contributed by atoms with Crippen LogP contribution in [0.1, 0.15) is 31.4 Å². The monoisotopic (exact) mass is 339 g/mol. The Balaban J connectivity index is 2.05. The first-order chi connectivity index (χ1) is 12.0. The van der Waals surface area contributed by atoms with Crippen LogP contribution in [0.25, 0.3) is 0 Å². The number of nitrogens with one attached hydrogen (secondary N) is 1. The molecule has 4 heteroatoms. The van der Waals surface area contributed by atoms with Gasteiger partial charge in [-0.25, -0.2) is 0 Å². The van der Waals surface area contributed by atoms with E-state index in [4.69, 9.17) is 9.47 Å². The number of ether oxygens (including phenoxy) is 2. The fraction of sp³-hybridized carbons (Fsp3) is 0.381. The summed E-state index contributed by atoms with van der Waals surface area (Å²) in [5.41, 5.74) is 1.87. The number of methoxy groups -OCH3 is 2. The fourth-order valence-corrected chi connectivity index (χ4v) is 3.57. The minimum Gasteiger partial charge on any atom is -0.497 e. The highest BCUT2D eigenvalue weighted by Crippen LogP contribution is 2.59. The lowest BCUT2D eigenvalue weighted by molar-refractivity contribution is -0.123. The third-order valence-corrected chi connectivity index (χ3v) is 4.88. The summed E-state index contributed by atoms with van der Waals surface area (Å²) in [7, 11) is 3.32. The first-order valence-electron chi connectivity index (χ1n) is 8.60. The van der Waals surface area contributed by atoms with Crippen LogP contribution in [-0.4, -0.2) is 26.2 Å². The zero-order chi connectivity index (χ0) is 18.0. The molecule has 1 amide bonds. The van der Waals surface area contributed by atoms with E-state index in [-0.39, 0.29) is 23.3 Å². The van der Waals surface area contributed by atoms with Crippen molar-refractivity contribution < 1.29 is 14.3 Å². The Bertz CT molecular complexity index is 722. The molecule has 2 aromatic carbocycles. The number of rotatable bonds is 6. The molecule has 0 aromatic heterocycles. The Morgan fingerprint density at radius 3 is 2.00 bits per heavy atom. The predicted molar refractivity (Wildman–Crippen MR) is 98.2 cm³/mol. The van der Waals surface area contributed by atoms with Crippen LogP contribution in [0.5, 0.6) is 11.5 Å². The fourth-order valence-electron chi connectivity index (χ4n) is 3.57. The maximum absolute atomic E-state index is 12.7. The molecule has 3 rings (SSSR count). The van der Waals surface area contributed by atoms with Gasteiger partial charge in [0.1, 0.15) is 11.5 Å². The smallest absolute Gasteiger partial charge is 0.224 e. The van der Waals surface area contributed by atoms with Crippen molar-refractivity contribution in [3.05, 3.63) is 59.7 Å². The Morgan fingerprint density at radius 2 is 1.56 bits per heavy atom. The minimum atomic E-state index is -0.331. The third-order valence-electron chi connectivity index (χ3n) is 4.88. The van der Waals surface area contributed by atoms with E-state index >= 15 is 0 Å². The topological polar surface area (TPSA) is 47.6 Å². The molecule has 1 aliphatic rings. The molecule has 132 valence electrons. The molecule has 0 unspecified atom stereocenters. The molecular weight excluding hydrogens is 314 g/mol. The van der Waals surface area contributed by atoms with Gasteiger partial charge in [-0.2, -0.15) is 0 Å². The van der Waals surface area contributed by atoms with E-state index in [1.807, 2.05) is 50.2 Å². The van der Waals surface area contributed by atoms with Crippen molar-refractivity contribution in [2.75, 3.05) is 14.2 Å². The van der Waals surface area contributed by atoms with E-state index in [2.05, 4.69) is 17.4 Å². The lowest BCUT2D eigenvalue weighted by atomic mass is 9.85. The first kappa shape index (κ1) is 17.3. The summed E-state index contributed by atoms with van der Waals surface area (Å²) in [6.07, 6.45) is 0.784. The molecule has 1 fully saturated rings. The molecule has 4 nitrogen and oxygen atoms in total. The van der Waals surface area contributed by atoms with E-state index in [0.717, 1.165) is 29.0 Å². The highest BCUT2D eigenvalue weighted by atomic mass is 16.5. The normalized spacial score (nSPS) is 17.9. The van der Waals surface area contributed by atoms with Gasteiger partial charge in [-0.15, -0.1) is 0 Å². The number of benzene rings is 2. The number of amides is 1. The Hall–Kier alpha value is -2.49. The second-order valence-electron chi connectivity index (χ2n) is 6.86. The van der Waals surface area contributed by atoms with Gasteiger partial charge in [0, 0.05) is 11.5 Å². The van der Waals surface area contributed by atoms with Crippen LogP contribution in [0.15, 0.2) is 48.5 Å². The summed E-state index contributed by atoms with van der Waals surface area (Å²) >= 11 is 0. The van der Waals surface area contributed by atoms with Crippen LogP contribution in [0.4, 0.5) is 0 Å². The van der Waals surface area contributed by atoms with Crippen molar-refractivity contribution in [2.45, 2.75) is 31.7 Å². The van der Waals surface area contributed by atoms with Gasteiger partial charge in [-0.1, -0.05) is 24.3 Å². The number of carbonyl (C=O) groups is 1. The number of carbonyl (C=O) groups excluding carboxylic acids is 1. The van der Waals surface area contributed by atoms with E-state index in [0.29, 0.717) is 0 Å². The maximum atomic E-state index is 12.7. The van der Waals surface area contributed by atoms with Crippen LogP contribution in [0, 0.1) is 5.92 Å². The second kappa shape index (κ2) is 6.79. The predicted octanol–water partition coefficient (Wildman–Crippen LogP) is 3.53. The Morgan fingerprint density at radius 1 is 1.04 bits per heavy atom. The van der Waals surface area contributed by atoms with Gasteiger partial charge in [0.2, 0.25) is 5.91 Å². The van der Waals surface area contributed by atoms with Crippen molar-refractivity contribution in [1.82, 2.24) is 5.32 Å². The molecule has 0 radical (unpaired) electrons. The molecule has 1 N–H and O–H groups in total. The molecule has 0 heterocycles. The highest BCUT2D eigenvalue weighted by Gasteiger charge is 2.60. The van der Waals surface area contributed by atoms with Gasteiger partial charge in [-0.3, -0.25) is 4.79 Å². The van der Waals surface area contributed by atoms with E-state index in [9.17, 15) is 4.79 Å². The van der Waals surface area contributed by atoms with Crippen molar-refractivity contribution in [2.24, 2.45) is 5.92 Å². The van der Waals surface area contributed by atoms with Crippen molar-refractivity contribution >= 4 is 5.91 Å². The van der Waals surface area contributed by atoms with Gasteiger partial charge >= 0.3 is 0 Å². The highest BCUT2D eigenvalue weighted by molar-refractivity contribution is 5.86. The summed E-state index contributed by atoms with van der Waals surface area (Å²) in [6.45, 7) is 3.97. The largest absolute Gasteiger partial charge is 0.497 e. The van der Waals surface area contributed by atoms with E-state index in [1.54, 1.807) is 14.2 Å². The summed E-state index contributed by atoms with van der Waals surface area (Å²) in [6, 6.07) is 16.1. The molecule has 1 saturated carbocycles. The van der Waals surface area contributed by atoms with Gasteiger partial charge in [0.25, 0.3) is 0 Å². The summed E-state index contributed by atoms with van der Waals surface area (Å²) in [5.74, 6) is 1.61. The van der Waals surface area contributed by atoms with Crippen LogP contribution >= 0.6 is 0 Å². The second-order valence-corrected chi connectivity index (χ2v) is 6.86. The summed E-state index contributed by atoms with van der Waals surface area (Å²) in [4.78, 5) is 12.7. The Labute approximate surface area is 149 Å². The van der Waals surface area contributed by atoms with Crippen LogP contribution < -0.4 is 14.8 Å². The number of hydrogen-bond donors (Lipinski definition) is 1. The zero-order valence-corrected chi connectivity index (χ0v) is 15.2. The molecular formula is C21H25NO3. The molecule has 1 aliphatic carbocycles. The van der Waals surface area contributed by atoms with Crippen LogP contribution in [-0.2, 0) is 10.2 Å². The lowest BCUT2D eigenvalue weighted by Crippen LogP contribution is -2.34. The van der Waals surface area contributed by atoms with Gasteiger partial charge < -0.3 is 14.8 Å². The number of hydrogen-bond acceptors (Lipinski definition) is 3. The Kier molecular flexibility index (Phi) is 4.71. The SMILES string of the molecule is COc1cccc(C2(c3cccc(OC)c3)C[C@H]2C(=O)NC(C)C)c1.